The van der Waals surface area contributed by atoms with Crippen molar-refractivity contribution in [2.45, 2.75) is 37.7 Å². The Kier molecular flexibility index (Phi) is 7.84. The summed E-state index contributed by atoms with van der Waals surface area (Å²) in [7, 11) is -1.70. The van der Waals surface area contributed by atoms with Crippen LogP contribution in [-0.4, -0.2) is 57.8 Å². The van der Waals surface area contributed by atoms with Crippen LogP contribution in [0.3, 0.4) is 0 Å². The van der Waals surface area contributed by atoms with Crippen LogP contribution in [0.25, 0.3) is 0 Å². The van der Waals surface area contributed by atoms with E-state index in [-0.39, 0.29) is 30.2 Å². The molecular weight excluding hydrogens is 435 g/mol. The standard InChI is InChI=1S/C21H24BClN4O5/c1-2-17(22(30)31)26-20(29)21(11-14-7-4-3-5-8-14)12-15(27-32-21)13-24-19(28)16-9-6-10-18(23)25-16/h3-10,17,30-31H,2,11-13H2,1H3,(H,24,28)(H,26,29)/t17-,21?/m0/s1. The van der Waals surface area contributed by atoms with E-state index in [1.807, 2.05) is 30.3 Å². The van der Waals surface area contributed by atoms with Crippen molar-refractivity contribution >= 4 is 36.2 Å². The van der Waals surface area contributed by atoms with Crippen molar-refractivity contribution in [1.29, 1.82) is 0 Å². The predicted octanol–water partition coefficient (Wildman–Crippen LogP) is 1.13. The minimum Gasteiger partial charge on any atom is -0.426 e. The fraction of sp³-hybridized carbons (Fsp3) is 0.333. The number of halogens is 1. The molecule has 168 valence electrons. The lowest BCUT2D eigenvalue weighted by atomic mass is 9.77. The highest BCUT2D eigenvalue weighted by Gasteiger charge is 2.47. The molecule has 1 aliphatic heterocycles. The summed E-state index contributed by atoms with van der Waals surface area (Å²) in [5.41, 5.74) is 0.0961. The fourth-order valence-corrected chi connectivity index (χ4v) is 3.52. The number of rotatable bonds is 9. The van der Waals surface area contributed by atoms with Crippen LogP contribution in [0.5, 0.6) is 0 Å². The maximum Gasteiger partial charge on any atom is 0.475 e. The third-order valence-corrected chi connectivity index (χ3v) is 5.31. The Labute approximate surface area is 191 Å². The van der Waals surface area contributed by atoms with E-state index in [0.717, 1.165) is 5.56 Å². The highest BCUT2D eigenvalue weighted by atomic mass is 35.5. The largest absolute Gasteiger partial charge is 0.475 e. The van der Waals surface area contributed by atoms with Crippen molar-refractivity contribution < 1.29 is 24.5 Å². The zero-order valence-electron chi connectivity index (χ0n) is 17.5. The Bertz CT molecular complexity index is 991. The second kappa shape index (κ2) is 10.6. The lowest BCUT2D eigenvalue weighted by Gasteiger charge is -2.28. The molecular formula is C21H24BClN4O5. The minimum atomic E-state index is -1.70. The average molecular weight is 459 g/mol. The molecule has 32 heavy (non-hydrogen) atoms. The summed E-state index contributed by atoms with van der Waals surface area (Å²) in [4.78, 5) is 35.1. The molecule has 0 radical (unpaired) electrons. The molecule has 1 aromatic carbocycles. The molecule has 0 aliphatic carbocycles. The molecule has 0 spiro atoms. The molecule has 1 aromatic heterocycles. The van der Waals surface area contributed by atoms with Crippen LogP contribution < -0.4 is 10.6 Å². The molecule has 2 atom stereocenters. The van der Waals surface area contributed by atoms with Gasteiger partial charge in [-0.05, 0) is 24.1 Å². The molecule has 0 fully saturated rings. The topological polar surface area (TPSA) is 133 Å². The summed E-state index contributed by atoms with van der Waals surface area (Å²) in [6.45, 7) is 1.78. The second-order valence-corrected chi connectivity index (χ2v) is 7.90. The van der Waals surface area contributed by atoms with Crippen LogP contribution in [0.2, 0.25) is 5.15 Å². The van der Waals surface area contributed by atoms with Gasteiger partial charge in [-0.3, -0.25) is 9.59 Å². The first-order chi connectivity index (χ1) is 15.3. The van der Waals surface area contributed by atoms with Gasteiger partial charge in [-0.15, -0.1) is 0 Å². The van der Waals surface area contributed by atoms with E-state index in [1.165, 1.54) is 6.07 Å². The van der Waals surface area contributed by atoms with Crippen molar-refractivity contribution in [3.05, 3.63) is 64.9 Å². The molecule has 0 bridgehead atoms. The van der Waals surface area contributed by atoms with Gasteiger partial charge in [0.15, 0.2) is 0 Å². The van der Waals surface area contributed by atoms with E-state index in [2.05, 4.69) is 20.8 Å². The lowest BCUT2D eigenvalue weighted by molar-refractivity contribution is -0.144. The third-order valence-electron chi connectivity index (χ3n) is 5.10. The van der Waals surface area contributed by atoms with Crippen molar-refractivity contribution in [2.75, 3.05) is 6.54 Å². The molecule has 4 N–H and O–H groups in total. The number of amides is 2. The summed E-state index contributed by atoms with van der Waals surface area (Å²) in [5.74, 6) is -1.80. The highest BCUT2D eigenvalue weighted by Crippen LogP contribution is 2.29. The van der Waals surface area contributed by atoms with Gasteiger partial charge in [0.05, 0.1) is 18.2 Å². The van der Waals surface area contributed by atoms with Crippen molar-refractivity contribution in [1.82, 2.24) is 15.6 Å². The molecule has 2 heterocycles. The van der Waals surface area contributed by atoms with E-state index in [4.69, 9.17) is 16.4 Å². The Morgan fingerprint density at radius 3 is 2.62 bits per heavy atom. The van der Waals surface area contributed by atoms with E-state index >= 15 is 0 Å². The number of carbonyl (C=O) groups is 2. The van der Waals surface area contributed by atoms with Gasteiger partial charge in [0, 0.05) is 12.8 Å². The first-order valence-corrected chi connectivity index (χ1v) is 10.6. The van der Waals surface area contributed by atoms with Crippen LogP contribution in [0.1, 0.15) is 35.8 Å². The molecule has 3 rings (SSSR count). The van der Waals surface area contributed by atoms with E-state index in [9.17, 15) is 19.6 Å². The fourth-order valence-electron chi connectivity index (χ4n) is 3.36. The van der Waals surface area contributed by atoms with E-state index in [1.54, 1.807) is 19.1 Å². The Balaban J connectivity index is 1.71. The quantitative estimate of drug-likeness (QED) is 0.329. The highest BCUT2D eigenvalue weighted by molar-refractivity contribution is 6.43. The molecule has 0 saturated carbocycles. The number of hydrogen-bond donors (Lipinski definition) is 4. The average Bonchev–Trinajstić information content (AvgIpc) is 3.20. The molecule has 2 aromatic rings. The van der Waals surface area contributed by atoms with Crippen molar-refractivity contribution in [3.63, 3.8) is 0 Å². The summed E-state index contributed by atoms with van der Waals surface area (Å²) < 4.78 is 0. The Morgan fingerprint density at radius 2 is 1.97 bits per heavy atom. The van der Waals surface area contributed by atoms with E-state index in [0.29, 0.717) is 12.1 Å². The van der Waals surface area contributed by atoms with E-state index < -0.39 is 30.5 Å². The number of oxime groups is 1. The van der Waals surface area contributed by atoms with Crippen molar-refractivity contribution in [2.24, 2.45) is 5.16 Å². The Morgan fingerprint density at radius 1 is 1.22 bits per heavy atom. The van der Waals surface area contributed by atoms with Gasteiger partial charge in [0.25, 0.3) is 11.8 Å². The van der Waals surface area contributed by atoms with Gasteiger partial charge in [0.1, 0.15) is 10.8 Å². The monoisotopic (exact) mass is 458 g/mol. The number of benzene rings is 1. The van der Waals surface area contributed by atoms with Gasteiger partial charge in [-0.2, -0.15) is 0 Å². The minimum absolute atomic E-state index is 0.0523. The van der Waals surface area contributed by atoms with Crippen LogP contribution in [0.4, 0.5) is 0 Å². The summed E-state index contributed by atoms with van der Waals surface area (Å²) in [6.07, 6.45) is 0.657. The number of hydrogen-bond acceptors (Lipinski definition) is 7. The molecule has 9 nitrogen and oxygen atoms in total. The lowest BCUT2D eigenvalue weighted by Crippen LogP contribution is -2.55. The van der Waals surface area contributed by atoms with Gasteiger partial charge in [-0.1, -0.05) is 60.1 Å². The van der Waals surface area contributed by atoms with Crippen LogP contribution in [0.15, 0.2) is 53.7 Å². The summed E-state index contributed by atoms with van der Waals surface area (Å²) >= 11 is 5.83. The van der Waals surface area contributed by atoms with Crippen molar-refractivity contribution in [3.8, 4) is 0 Å². The van der Waals surface area contributed by atoms with Crippen LogP contribution >= 0.6 is 11.6 Å². The zero-order chi connectivity index (χ0) is 23.1. The smallest absolute Gasteiger partial charge is 0.426 e. The third kappa shape index (κ3) is 5.85. The number of nitrogens with one attached hydrogen (secondary N) is 2. The van der Waals surface area contributed by atoms with Gasteiger partial charge < -0.3 is 25.5 Å². The zero-order valence-corrected chi connectivity index (χ0v) is 18.2. The SMILES string of the molecule is CC[C@H](NC(=O)C1(Cc2ccccc2)CC(CNC(=O)c2cccc(Cl)n2)=NO1)B(O)O. The molecule has 1 unspecified atom stereocenters. The van der Waals surface area contributed by atoms with Gasteiger partial charge >= 0.3 is 7.12 Å². The molecule has 11 heteroatoms. The summed E-state index contributed by atoms with van der Waals surface area (Å²) in [5, 5.41) is 28.6. The first-order valence-electron chi connectivity index (χ1n) is 10.2. The normalized spacial score (nSPS) is 18.3. The number of aromatic nitrogens is 1. The van der Waals surface area contributed by atoms with Crippen LogP contribution in [-0.2, 0) is 16.1 Å². The molecule has 2 amide bonds. The maximum absolute atomic E-state index is 13.1. The van der Waals surface area contributed by atoms with Gasteiger partial charge in [-0.25, -0.2) is 4.98 Å². The molecule has 1 aliphatic rings. The van der Waals surface area contributed by atoms with Gasteiger partial charge in [0.2, 0.25) is 5.60 Å². The predicted molar refractivity (Wildman–Crippen MR) is 120 cm³/mol. The summed E-state index contributed by atoms with van der Waals surface area (Å²) in [6, 6.07) is 14.0. The second-order valence-electron chi connectivity index (χ2n) is 7.51. The number of carbonyl (C=O) groups excluding carboxylic acids is 2. The maximum atomic E-state index is 13.1. The Hall–Kier alpha value is -2.95. The van der Waals surface area contributed by atoms with Crippen LogP contribution in [0, 0.1) is 0 Å². The number of nitrogens with zero attached hydrogens (tertiary/aromatic N) is 2. The molecule has 0 saturated heterocycles. The number of pyridine rings is 1. The first kappa shape index (κ1) is 23.7.